The summed E-state index contributed by atoms with van der Waals surface area (Å²) in [5.41, 5.74) is 2.09. The van der Waals surface area contributed by atoms with Gasteiger partial charge < -0.3 is 9.88 Å². The van der Waals surface area contributed by atoms with E-state index in [-0.39, 0.29) is 12.3 Å². The number of nitrogens with zero attached hydrogens (tertiary/aromatic N) is 4. The van der Waals surface area contributed by atoms with E-state index >= 15 is 0 Å². The lowest BCUT2D eigenvalue weighted by Gasteiger charge is -2.06. The monoisotopic (exact) mass is 425 g/mol. The molecular weight excluding hydrogens is 405 g/mol. The van der Waals surface area contributed by atoms with Crippen LogP contribution in [-0.2, 0) is 18.4 Å². The number of aromatic nitrogens is 3. The highest BCUT2D eigenvalue weighted by Crippen LogP contribution is 2.32. The average molecular weight is 425 g/mol. The molecule has 0 fully saturated rings. The van der Waals surface area contributed by atoms with Crippen LogP contribution in [0.4, 0.5) is 5.82 Å². The highest BCUT2D eigenvalue weighted by molar-refractivity contribution is 14.1. The standard InChI is InChI=1S/C16H20IN5O/c1-11(2)15-13(17)9-22(3)16(15)20-5-4-14(23)21-8-12-6-18-10-19-7-12/h5-7,9-11H,4,8H2,1-3H3,(H,21,23)/b20-5-. The van der Waals surface area contributed by atoms with E-state index in [9.17, 15) is 4.79 Å². The van der Waals surface area contributed by atoms with E-state index < -0.39 is 0 Å². The fourth-order valence-corrected chi connectivity index (χ4v) is 3.48. The van der Waals surface area contributed by atoms with Crippen molar-refractivity contribution < 1.29 is 4.79 Å². The predicted molar refractivity (Wildman–Crippen MR) is 98.9 cm³/mol. The number of rotatable bonds is 6. The number of carbonyl (C=O) groups excluding carboxylic acids is 1. The maximum absolute atomic E-state index is 11.9. The molecule has 0 aliphatic carbocycles. The summed E-state index contributed by atoms with van der Waals surface area (Å²) in [6, 6.07) is 0. The van der Waals surface area contributed by atoms with Crippen LogP contribution in [0, 0.1) is 3.57 Å². The second kappa shape index (κ2) is 8.19. The lowest BCUT2D eigenvalue weighted by atomic mass is 10.1. The van der Waals surface area contributed by atoms with Crippen LogP contribution in [0.1, 0.15) is 37.3 Å². The highest BCUT2D eigenvalue weighted by atomic mass is 127. The molecule has 7 heteroatoms. The normalized spacial score (nSPS) is 11.3. The third-order valence-corrected chi connectivity index (χ3v) is 4.17. The average Bonchev–Trinajstić information content (AvgIpc) is 2.80. The summed E-state index contributed by atoms with van der Waals surface area (Å²) < 4.78 is 3.19. The van der Waals surface area contributed by atoms with Crippen LogP contribution < -0.4 is 5.32 Å². The first kappa shape index (κ1) is 17.6. The number of aliphatic imine (C=N–C) groups is 1. The van der Waals surface area contributed by atoms with Gasteiger partial charge in [0.2, 0.25) is 5.91 Å². The SMILES string of the molecule is CC(C)c1c(I)cn(C)c1/N=C\CC(=O)NCc1cncnc1. The van der Waals surface area contributed by atoms with Gasteiger partial charge in [0.25, 0.3) is 0 Å². The predicted octanol–water partition coefficient (Wildman–Crippen LogP) is 2.95. The molecule has 2 heterocycles. The van der Waals surface area contributed by atoms with Crippen molar-refractivity contribution in [1.29, 1.82) is 0 Å². The first-order valence-electron chi connectivity index (χ1n) is 7.37. The van der Waals surface area contributed by atoms with Gasteiger partial charge in [-0.15, -0.1) is 0 Å². The van der Waals surface area contributed by atoms with Gasteiger partial charge in [0.05, 0.1) is 6.42 Å². The van der Waals surface area contributed by atoms with Gasteiger partial charge in [-0.25, -0.2) is 15.0 Å². The molecule has 0 aromatic carbocycles. The zero-order valence-electron chi connectivity index (χ0n) is 13.5. The van der Waals surface area contributed by atoms with Gasteiger partial charge in [-0.05, 0) is 28.5 Å². The molecule has 2 aromatic heterocycles. The second-order valence-electron chi connectivity index (χ2n) is 5.52. The third-order valence-electron chi connectivity index (χ3n) is 3.31. The van der Waals surface area contributed by atoms with Crippen LogP contribution in [0.5, 0.6) is 0 Å². The Balaban J connectivity index is 1.93. The molecule has 0 saturated heterocycles. The number of carbonyl (C=O) groups is 1. The van der Waals surface area contributed by atoms with Gasteiger partial charge in [0.1, 0.15) is 12.1 Å². The van der Waals surface area contributed by atoms with Crippen LogP contribution in [0.3, 0.4) is 0 Å². The van der Waals surface area contributed by atoms with Crippen LogP contribution >= 0.6 is 22.6 Å². The van der Waals surface area contributed by atoms with Crippen molar-refractivity contribution >= 4 is 40.5 Å². The molecule has 0 spiro atoms. The first-order valence-corrected chi connectivity index (χ1v) is 8.44. The number of amides is 1. The van der Waals surface area contributed by atoms with Crippen molar-refractivity contribution in [3.8, 4) is 0 Å². The molecule has 6 nitrogen and oxygen atoms in total. The number of aryl methyl sites for hydroxylation is 1. The van der Waals surface area contributed by atoms with Crippen molar-refractivity contribution in [2.75, 3.05) is 0 Å². The van der Waals surface area contributed by atoms with Crippen molar-refractivity contribution in [2.45, 2.75) is 32.7 Å². The Hall–Kier alpha value is -1.77. The lowest BCUT2D eigenvalue weighted by Crippen LogP contribution is -2.22. The summed E-state index contributed by atoms with van der Waals surface area (Å²) in [5, 5.41) is 2.82. The summed E-state index contributed by atoms with van der Waals surface area (Å²) in [6.45, 7) is 4.71. The molecule has 1 N–H and O–H groups in total. The molecule has 1 amide bonds. The molecule has 2 rings (SSSR count). The smallest absolute Gasteiger partial charge is 0.225 e. The topological polar surface area (TPSA) is 72.2 Å². The molecule has 122 valence electrons. The van der Waals surface area contributed by atoms with E-state index in [1.165, 1.54) is 15.5 Å². The van der Waals surface area contributed by atoms with E-state index in [1.54, 1.807) is 18.6 Å². The van der Waals surface area contributed by atoms with Crippen molar-refractivity contribution in [2.24, 2.45) is 12.0 Å². The summed E-state index contributed by atoms with van der Waals surface area (Å²) in [5.74, 6) is 1.23. The zero-order chi connectivity index (χ0) is 16.8. The molecule has 0 aliphatic heterocycles. The van der Waals surface area contributed by atoms with Crippen LogP contribution in [0.2, 0.25) is 0 Å². The van der Waals surface area contributed by atoms with Crippen molar-refractivity contribution in [1.82, 2.24) is 19.9 Å². The summed E-state index contributed by atoms with van der Waals surface area (Å²) in [7, 11) is 1.97. The molecule has 2 aromatic rings. The zero-order valence-corrected chi connectivity index (χ0v) is 15.6. The largest absolute Gasteiger partial charge is 0.352 e. The maximum atomic E-state index is 11.9. The Morgan fingerprint density at radius 1 is 1.43 bits per heavy atom. The third kappa shape index (κ3) is 4.85. The van der Waals surface area contributed by atoms with Gasteiger partial charge in [-0.3, -0.25) is 4.79 Å². The van der Waals surface area contributed by atoms with Gasteiger partial charge >= 0.3 is 0 Å². The molecule has 0 radical (unpaired) electrons. The second-order valence-corrected chi connectivity index (χ2v) is 6.68. The Labute approximate surface area is 149 Å². The summed E-state index contributed by atoms with van der Waals surface area (Å²) in [4.78, 5) is 24.2. The van der Waals surface area contributed by atoms with Gasteiger partial charge in [-0.1, -0.05) is 13.8 Å². The fraction of sp³-hybridized carbons (Fsp3) is 0.375. The van der Waals surface area contributed by atoms with E-state index in [2.05, 4.69) is 62.9 Å². The molecule has 0 saturated carbocycles. The van der Waals surface area contributed by atoms with Crippen LogP contribution in [-0.4, -0.2) is 26.7 Å². The van der Waals surface area contributed by atoms with E-state index in [0.29, 0.717) is 12.5 Å². The number of halogens is 1. The van der Waals surface area contributed by atoms with Crippen LogP contribution in [0.25, 0.3) is 0 Å². The number of nitrogens with one attached hydrogen (secondary N) is 1. The maximum Gasteiger partial charge on any atom is 0.225 e. The van der Waals surface area contributed by atoms with E-state index in [0.717, 1.165) is 11.4 Å². The van der Waals surface area contributed by atoms with Gasteiger partial charge in [-0.2, -0.15) is 0 Å². The summed E-state index contributed by atoms with van der Waals surface area (Å²) in [6.07, 6.45) is 8.79. The fourth-order valence-electron chi connectivity index (χ4n) is 2.20. The number of hydrogen-bond donors (Lipinski definition) is 1. The van der Waals surface area contributed by atoms with Gasteiger partial charge in [0, 0.05) is 53.1 Å². The van der Waals surface area contributed by atoms with E-state index in [1.807, 2.05) is 11.6 Å². The molecule has 0 aliphatic rings. The molecule has 0 atom stereocenters. The number of hydrogen-bond acceptors (Lipinski definition) is 4. The minimum atomic E-state index is -0.0763. The first-order chi connectivity index (χ1) is 11.0. The highest BCUT2D eigenvalue weighted by Gasteiger charge is 2.14. The Bertz CT molecular complexity index is 694. The Kier molecular flexibility index (Phi) is 6.26. The molecule has 0 unspecified atom stereocenters. The minimum absolute atomic E-state index is 0.0763. The Morgan fingerprint density at radius 3 is 2.78 bits per heavy atom. The minimum Gasteiger partial charge on any atom is -0.352 e. The lowest BCUT2D eigenvalue weighted by molar-refractivity contribution is -0.120. The van der Waals surface area contributed by atoms with Crippen LogP contribution in [0.15, 0.2) is 29.9 Å². The molecule has 23 heavy (non-hydrogen) atoms. The van der Waals surface area contributed by atoms with E-state index in [4.69, 9.17) is 0 Å². The van der Waals surface area contributed by atoms with Crippen molar-refractivity contribution in [3.05, 3.63) is 39.6 Å². The van der Waals surface area contributed by atoms with Crippen molar-refractivity contribution in [3.63, 3.8) is 0 Å². The molecule has 0 bridgehead atoms. The summed E-state index contributed by atoms with van der Waals surface area (Å²) >= 11 is 2.32. The Morgan fingerprint density at radius 2 is 2.13 bits per heavy atom. The quantitative estimate of drug-likeness (QED) is 0.572. The van der Waals surface area contributed by atoms with Gasteiger partial charge in [0.15, 0.2) is 0 Å². The molecular formula is C16H20IN5O.